The predicted octanol–water partition coefficient (Wildman–Crippen LogP) is 1.29. The van der Waals surface area contributed by atoms with Crippen molar-refractivity contribution in [2.45, 2.75) is 50.7 Å². The van der Waals surface area contributed by atoms with Crippen LogP contribution in [0.2, 0.25) is 0 Å². The Bertz CT molecular complexity index is 165. The lowest BCUT2D eigenvalue weighted by Gasteiger charge is -2.35. The van der Waals surface area contributed by atoms with E-state index < -0.39 is 0 Å². The van der Waals surface area contributed by atoms with Gasteiger partial charge in [0.2, 0.25) is 0 Å². The molecule has 2 N–H and O–H groups in total. The molecular formula is C10H19NO. The molecule has 0 radical (unpaired) electrons. The molecule has 0 aromatic heterocycles. The van der Waals surface area contributed by atoms with Gasteiger partial charge >= 0.3 is 0 Å². The molecule has 2 rings (SSSR count). The number of piperidine rings is 1. The molecule has 0 aromatic carbocycles. The third-order valence-corrected chi connectivity index (χ3v) is 3.45. The second-order valence-electron chi connectivity index (χ2n) is 4.41. The molecule has 1 aliphatic heterocycles. The van der Waals surface area contributed by atoms with Crippen molar-refractivity contribution in [2.75, 3.05) is 6.54 Å². The molecule has 2 aliphatic rings. The highest BCUT2D eigenvalue weighted by molar-refractivity contribution is 5.09. The van der Waals surface area contributed by atoms with E-state index in [2.05, 4.69) is 12.2 Å². The molecule has 0 amide bonds. The van der Waals surface area contributed by atoms with Gasteiger partial charge in [-0.1, -0.05) is 13.3 Å². The Kier molecular flexibility index (Phi) is 2.13. The van der Waals surface area contributed by atoms with Crippen LogP contribution in [0.5, 0.6) is 0 Å². The highest BCUT2D eigenvalue weighted by atomic mass is 16.3. The van der Waals surface area contributed by atoms with Crippen molar-refractivity contribution in [3.8, 4) is 0 Å². The number of hydrogen-bond donors (Lipinski definition) is 2. The molecule has 2 nitrogen and oxygen atoms in total. The molecule has 0 aromatic rings. The van der Waals surface area contributed by atoms with Crippen LogP contribution in [0.4, 0.5) is 0 Å². The summed E-state index contributed by atoms with van der Waals surface area (Å²) in [7, 11) is 0. The highest BCUT2D eigenvalue weighted by Crippen LogP contribution is 2.47. The van der Waals surface area contributed by atoms with Crippen LogP contribution in [0, 0.1) is 5.92 Å². The minimum Gasteiger partial charge on any atom is -0.392 e. The summed E-state index contributed by atoms with van der Waals surface area (Å²) in [6.07, 6.45) is 6.15. The third kappa shape index (κ3) is 1.38. The monoisotopic (exact) mass is 169 g/mol. The fourth-order valence-electron chi connectivity index (χ4n) is 2.57. The molecule has 1 heterocycles. The van der Waals surface area contributed by atoms with E-state index in [0.717, 1.165) is 18.9 Å². The van der Waals surface area contributed by atoms with Crippen molar-refractivity contribution in [3.05, 3.63) is 0 Å². The van der Waals surface area contributed by atoms with Gasteiger partial charge in [0.05, 0.1) is 6.10 Å². The van der Waals surface area contributed by atoms with E-state index in [0.29, 0.717) is 5.54 Å². The number of β-amino-alcohol motifs (C(OH)–C–C–N with tert-alkyl or cyclic N) is 1. The summed E-state index contributed by atoms with van der Waals surface area (Å²) in [4.78, 5) is 0. The third-order valence-electron chi connectivity index (χ3n) is 3.45. The average molecular weight is 169 g/mol. The van der Waals surface area contributed by atoms with Crippen LogP contribution in [0.25, 0.3) is 0 Å². The van der Waals surface area contributed by atoms with E-state index in [9.17, 15) is 5.11 Å². The van der Waals surface area contributed by atoms with Crippen LogP contribution < -0.4 is 5.32 Å². The number of nitrogens with one attached hydrogen (secondary N) is 1. The molecule has 70 valence electrons. The minimum atomic E-state index is -0.0900. The highest BCUT2D eigenvalue weighted by Gasteiger charge is 2.50. The lowest BCUT2D eigenvalue weighted by Crippen LogP contribution is -2.49. The fraction of sp³-hybridized carbons (Fsp3) is 1.00. The average Bonchev–Trinajstić information content (AvgIpc) is 2.80. The van der Waals surface area contributed by atoms with Gasteiger partial charge in [-0.25, -0.2) is 0 Å². The zero-order valence-corrected chi connectivity index (χ0v) is 7.84. The van der Waals surface area contributed by atoms with Crippen LogP contribution >= 0.6 is 0 Å². The maximum absolute atomic E-state index is 9.50. The molecule has 1 aliphatic carbocycles. The van der Waals surface area contributed by atoms with Crippen molar-refractivity contribution in [1.29, 1.82) is 0 Å². The zero-order valence-electron chi connectivity index (χ0n) is 7.84. The topological polar surface area (TPSA) is 32.3 Å². The van der Waals surface area contributed by atoms with Gasteiger partial charge in [0, 0.05) is 12.1 Å². The molecule has 2 fully saturated rings. The lowest BCUT2D eigenvalue weighted by molar-refractivity contribution is 0.0788. The Morgan fingerprint density at radius 2 is 2.25 bits per heavy atom. The van der Waals surface area contributed by atoms with E-state index in [-0.39, 0.29) is 6.10 Å². The smallest absolute Gasteiger partial charge is 0.0668 e. The van der Waals surface area contributed by atoms with Crippen LogP contribution in [-0.4, -0.2) is 23.3 Å². The van der Waals surface area contributed by atoms with Crippen molar-refractivity contribution in [2.24, 2.45) is 5.92 Å². The van der Waals surface area contributed by atoms with Crippen molar-refractivity contribution in [1.82, 2.24) is 5.32 Å². The van der Waals surface area contributed by atoms with Gasteiger partial charge in [-0.15, -0.1) is 0 Å². The SMILES string of the molecule is CCCC1CC(O)CNC12CC2. The van der Waals surface area contributed by atoms with Crippen molar-refractivity contribution < 1.29 is 5.11 Å². The van der Waals surface area contributed by atoms with Crippen molar-refractivity contribution >= 4 is 0 Å². The molecule has 1 saturated carbocycles. The maximum atomic E-state index is 9.50. The second kappa shape index (κ2) is 3.00. The van der Waals surface area contributed by atoms with E-state index in [4.69, 9.17) is 0 Å². The van der Waals surface area contributed by atoms with Gasteiger partial charge in [-0.05, 0) is 31.6 Å². The Hall–Kier alpha value is -0.0800. The molecule has 1 spiro atoms. The summed E-state index contributed by atoms with van der Waals surface area (Å²) in [6.45, 7) is 3.05. The lowest BCUT2D eigenvalue weighted by atomic mass is 9.84. The summed E-state index contributed by atoms with van der Waals surface area (Å²) in [5, 5.41) is 13.0. The van der Waals surface area contributed by atoms with E-state index in [1.165, 1.54) is 25.7 Å². The standard InChI is InChI=1S/C10H19NO/c1-2-3-8-6-9(12)7-11-10(8)4-5-10/h8-9,11-12H,2-7H2,1H3. The zero-order chi connectivity index (χ0) is 8.60. The van der Waals surface area contributed by atoms with Crippen LogP contribution in [-0.2, 0) is 0 Å². The quantitative estimate of drug-likeness (QED) is 0.653. The van der Waals surface area contributed by atoms with Gasteiger partial charge < -0.3 is 10.4 Å². The minimum absolute atomic E-state index is 0.0900. The number of rotatable bonds is 2. The first-order valence-corrected chi connectivity index (χ1v) is 5.20. The fourth-order valence-corrected chi connectivity index (χ4v) is 2.57. The molecule has 2 atom stereocenters. The normalized spacial score (nSPS) is 38.5. The Morgan fingerprint density at radius 1 is 1.50 bits per heavy atom. The van der Waals surface area contributed by atoms with Crippen molar-refractivity contribution in [3.63, 3.8) is 0 Å². The van der Waals surface area contributed by atoms with Gasteiger partial charge in [-0.3, -0.25) is 0 Å². The summed E-state index contributed by atoms with van der Waals surface area (Å²) < 4.78 is 0. The van der Waals surface area contributed by atoms with Gasteiger partial charge in [0.25, 0.3) is 0 Å². The van der Waals surface area contributed by atoms with Crippen LogP contribution in [0.1, 0.15) is 39.0 Å². The van der Waals surface area contributed by atoms with E-state index in [1.807, 2.05) is 0 Å². The predicted molar refractivity (Wildman–Crippen MR) is 49.0 cm³/mol. The molecular weight excluding hydrogens is 150 g/mol. The van der Waals surface area contributed by atoms with E-state index >= 15 is 0 Å². The molecule has 2 unspecified atom stereocenters. The molecule has 0 bridgehead atoms. The number of aliphatic hydroxyl groups is 1. The van der Waals surface area contributed by atoms with E-state index in [1.54, 1.807) is 0 Å². The summed E-state index contributed by atoms with van der Waals surface area (Å²) in [5.41, 5.74) is 0.468. The Labute approximate surface area is 74.4 Å². The molecule has 12 heavy (non-hydrogen) atoms. The van der Waals surface area contributed by atoms with Gasteiger partial charge in [0.1, 0.15) is 0 Å². The summed E-state index contributed by atoms with van der Waals surface area (Å²) >= 11 is 0. The Balaban J connectivity index is 1.96. The first kappa shape index (κ1) is 8.52. The maximum Gasteiger partial charge on any atom is 0.0668 e. The van der Waals surface area contributed by atoms with Gasteiger partial charge in [0.15, 0.2) is 0 Å². The van der Waals surface area contributed by atoms with Crippen LogP contribution in [0.15, 0.2) is 0 Å². The molecule has 1 saturated heterocycles. The molecule has 2 heteroatoms. The first-order valence-electron chi connectivity index (χ1n) is 5.20. The Morgan fingerprint density at radius 3 is 2.83 bits per heavy atom. The van der Waals surface area contributed by atoms with Gasteiger partial charge in [-0.2, -0.15) is 0 Å². The number of hydrogen-bond acceptors (Lipinski definition) is 2. The van der Waals surface area contributed by atoms with Crippen LogP contribution in [0.3, 0.4) is 0 Å². The largest absolute Gasteiger partial charge is 0.392 e. The number of aliphatic hydroxyl groups excluding tert-OH is 1. The summed E-state index contributed by atoms with van der Waals surface area (Å²) in [5.74, 6) is 0.742. The summed E-state index contributed by atoms with van der Waals surface area (Å²) in [6, 6.07) is 0. The second-order valence-corrected chi connectivity index (χ2v) is 4.41. The first-order chi connectivity index (χ1) is 5.77.